The van der Waals surface area contributed by atoms with Crippen molar-refractivity contribution in [3.63, 3.8) is 0 Å². The molecule has 0 bridgehead atoms. The van der Waals surface area contributed by atoms with Crippen molar-refractivity contribution in [1.29, 1.82) is 0 Å². The average molecular weight is 481 g/mol. The molecule has 2 aromatic heterocycles. The highest BCUT2D eigenvalue weighted by Crippen LogP contribution is 2.32. The number of nitrogens with zero attached hydrogens (tertiary/aromatic N) is 2. The van der Waals surface area contributed by atoms with Gasteiger partial charge in [0.25, 0.3) is 5.56 Å². The number of hydrogen-bond donors (Lipinski definition) is 4. The number of phenols is 2. The Hall–Kier alpha value is -4.47. The van der Waals surface area contributed by atoms with Crippen LogP contribution in [0.4, 0.5) is 8.78 Å². The minimum Gasteiger partial charge on any atom is -0.504 e. The smallest absolute Gasteiger partial charge is 0.265 e. The van der Waals surface area contributed by atoms with Crippen LogP contribution in [0, 0.1) is 11.6 Å². The number of pyridine rings is 1. The standard InChI is InChI=1S/C25H21F2N3O5/c26-17-6-5-15(12-18(17)27)16(23-24(34)29-21-3-1-2-10-30(21)25(23)35)13-22(33)28-9-8-14-4-7-19(31)20(32)11-14/h1-7,10-12,16,31-32,34H,8-9,13H2,(H,28,33)/t16-/m0/s1. The van der Waals surface area contributed by atoms with Gasteiger partial charge in [-0.25, -0.2) is 8.78 Å². The third-order valence-electron chi connectivity index (χ3n) is 5.61. The Balaban J connectivity index is 1.62. The Kier molecular flexibility index (Phi) is 6.63. The third kappa shape index (κ3) is 5.06. The first-order chi connectivity index (χ1) is 16.7. The van der Waals surface area contributed by atoms with Crippen LogP contribution in [0.1, 0.15) is 29.0 Å². The highest BCUT2D eigenvalue weighted by molar-refractivity contribution is 5.77. The summed E-state index contributed by atoms with van der Waals surface area (Å²) in [5, 5.41) is 32.2. The van der Waals surface area contributed by atoms with Gasteiger partial charge in [-0.1, -0.05) is 18.2 Å². The number of phenolic OH excluding ortho intramolecular Hbond substituents is 2. The zero-order valence-corrected chi connectivity index (χ0v) is 18.3. The number of benzene rings is 2. The van der Waals surface area contributed by atoms with E-state index in [4.69, 9.17) is 0 Å². The van der Waals surface area contributed by atoms with E-state index in [0.717, 1.165) is 12.1 Å². The molecule has 0 spiro atoms. The van der Waals surface area contributed by atoms with E-state index in [0.29, 0.717) is 12.0 Å². The summed E-state index contributed by atoms with van der Waals surface area (Å²) in [7, 11) is 0. The fraction of sp³-hybridized carbons (Fsp3) is 0.160. The lowest BCUT2D eigenvalue weighted by Crippen LogP contribution is -2.30. The van der Waals surface area contributed by atoms with Gasteiger partial charge in [0.2, 0.25) is 11.8 Å². The number of rotatable bonds is 7. The summed E-state index contributed by atoms with van der Waals surface area (Å²) in [6.07, 6.45) is 1.43. The van der Waals surface area contributed by atoms with Gasteiger partial charge >= 0.3 is 0 Å². The topological polar surface area (TPSA) is 124 Å². The van der Waals surface area contributed by atoms with Crippen LogP contribution in [0.5, 0.6) is 17.4 Å². The van der Waals surface area contributed by atoms with Crippen LogP contribution >= 0.6 is 0 Å². The Morgan fingerprint density at radius 2 is 1.80 bits per heavy atom. The average Bonchev–Trinajstić information content (AvgIpc) is 2.82. The number of aromatic nitrogens is 2. The first-order valence-electron chi connectivity index (χ1n) is 10.7. The minimum atomic E-state index is -1.16. The molecule has 0 aliphatic heterocycles. The van der Waals surface area contributed by atoms with Crippen LogP contribution in [-0.2, 0) is 11.2 Å². The Morgan fingerprint density at radius 3 is 2.54 bits per heavy atom. The van der Waals surface area contributed by atoms with Crippen LogP contribution < -0.4 is 10.9 Å². The van der Waals surface area contributed by atoms with Crippen molar-refractivity contribution in [2.75, 3.05) is 6.54 Å². The number of amides is 1. The van der Waals surface area contributed by atoms with Crippen LogP contribution in [0.25, 0.3) is 5.65 Å². The largest absolute Gasteiger partial charge is 0.504 e. The monoisotopic (exact) mass is 481 g/mol. The van der Waals surface area contributed by atoms with Crippen molar-refractivity contribution in [3.05, 3.63) is 99.5 Å². The number of aromatic hydroxyl groups is 3. The zero-order chi connectivity index (χ0) is 25.1. The van der Waals surface area contributed by atoms with Gasteiger partial charge in [-0.2, -0.15) is 4.98 Å². The predicted molar refractivity (Wildman–Crippen MR) is 122 cm³/mol. The van der Waals surface area contributed by atoms with Gasteiger partial charge in [0, 0.05) is 25.1 Å². The van der Waals surface area contributed by atoms with Gasteiger partial charge in [0.15, 0.2) is 23.1 Å². The Morgan fingerprint density at radius 1 is 1.00 bits per heavy atom. The number of nitrogens with one attached hydrogen (secondary N) is 1. The van der Waals surface area contributed by atoms with E-state index < -0.39 is 34.9 Å². The molecule has 4 aromatic rings. The summed E-state index contributed by atoms with van der Waals surface area (Å²) in [5.74, 6) is -5.03. The van der Waals surface area contributed by atoms with E-state index in [1.165, 1.54) is 34.9 Å². The van der Waals surface area contributed by atoms with Gasteiger partial charge < -0.3 is 20.6 Å². The van der Waals surface area contributed by atoms with Crippen LogP contribution in [0.3, 0.4) is 0 Å². The highest BCUT2D eigenvalue weighted by atomic mass is 19.2. The molecule has 1 atom stereocenters. The molecule has 4 rings (SSSR count). The number of halogens is 2. The highest BCUT2D eigenvalue weighted by Gasteiger charge is 2.27. The van der Waals surface area contributed by atoms with Crippen molar-refractivity contribution in [3.8, 4) is 17.4 Å². The molecule has 0 aliphatic carbocycles. The summed E-state index contributed by atoms with van der Waals surface area (Å²) in [6.45, 7) is 0.161. The molecule has 4 N–H and O–H groups in total. The fourth-order valence-corrected chi connectivity index (χ4v) is 3.84. The summed E-state index contributed by atoms with van der Waals surface area (Å²) in [6, 6.07) is 12.0. The first kappa shape index (κ1) is 23.7. The van der Waals surface area contributed by atoms with E-state index in [1.807, 2.05) is 0 Å². The molecule has 2 heterocycles. The lowest BCUT2D eigenvalue weighted by atomic mass is 9.89. The number of carbonyl (C=O) groups is 1. The fourth-order valence-electron chi connectivity index (χ4n) is 3.84. The molecule has 0 aliphatic rings. The Labute approximate surface area is 197 Å². The van der Waals surface area contributed by atoms with Crippen molar-refractivity contribution < 1.29 is 28.9 Å². The molecule has 8 nitrogen and oxygen atoms in total. The molecule has 0 saturated heterocycles. The normalized spacial score (nSPS) is 11.9. The SMILES string of the molecule is O=C(C[C@@H](c1ccc(F)c(F)c1)c1c(O)nc2ccccn2c1=O)NCCc1ccc(O)c(O)c1. The number of hydrogen-bond acceptors (Lipinski definition) is 6. The summed E-state index contributed by atoms with van der Waals surface area (Å²) in [5.41, 5.74) is 0.0952. The quantitative estimate of drug-likeness (QED) is 0.301. The predicted octanol–water partition coefficient (Wildman–Crippen LogP) is 2.97. The lowest BCUT2D eigenvalue weighted by Gasteiger charge is -2.19. The molecule has 0 fully saturated rings. The van der Waals surface area contributed by atoms with E-state index >= 15 is 0 Å². The summed E-state index contributed by atoms with van der Waals surface area (Å²) < 4.78 is 28.8. The van der Waals surface area contributed by atoms with Gasteiger partial charge in [0.05, 0.1) is 5.56 Å². The summed E-state index contributed by atoms with van der Waals surface area (Å²) >= 11 is 0. The van der Waals surface area contributed by atoms with Gasteiger partial charge in [0.1, 0.15) is 5.65 Å². The van der Waals surface area contributed by atoms with Gasteiger partial charge in [-0.05, 0) is 53.9 Å². The van der Waals surface area contributed by atoms with Crippen molar-refractivity contribution in [2.45, 2.75) is 18.8 Å². The number of carbonyl (C=O) groups excluding carboxylic acids is 1. The molecule has 2 aromatic carbocycles. The second-order valence-electron chi connectivity index (χ2n) is 7.94. The first-order valence-corrected chi connectivity index (χ1v) is 10.7. The van der Waals surface area contributed by atoms with Crippen LogP contribution in [-0.4, -0.2) is 37.2 Å². The second kappa shape index (κ2) is 9.80. The maximum absolute atomic E-state index is 14.0. The summed E-state index contributed by atoms with van der Waals surface area (Å²) in [4.78, 5) is 30.0. The third-order valence-corrected chi connectivity index (χ3v) is 5.61. The molecular weight excluding hydrogens is 460 g/mol. The second-order valence-corrected chi connectivity index (χ2v) is 7.94. The van der Waals surface area contributed by atoms with E-state index in [1.54, 1.807) is 18.2 Å². The molecular formula is C25H21F2N3O5. The van der Waals surface area contributed by atoms with Crippen LogP contribution in [0.2, 0.25) is 0 Å². The van der Waals surface area contributed by atoms with Gasteiger partial charge in [-0.3, -0.25) is 14.0 Å². The Bertz CT molecular complexity index is 1470. The molecule has 0 unspecified atom stereocenters. The van der Waals surface area contributed by atoms with Crippen molar-refractivity contribution in [2.24, 2.45) is 0 Å². The van der Waals surface area contributed by atoms with E-state index in [2.05, 4.69) is 10.3 Å². The van der Waals surface area contributed by atoms with Gasteiger partial charge in [-0.15, -0.1) is 0 Å². The van der Waals surface area contributed by atoms with Crippen molar-refractivity contribution in [1.82, 2.24) is 14.7 Å². The maximum atomic E-state index is 14.0. The van der Waals surface area contributed by atoms with E-state index in [-0.39, 0.29) is 41.2 Å². The lowest BCUT2D eigenvalue weighted by molar-refractivity contribution is -0.121. The van der Waals surface area contributed by atoms with E-state index in [9.17, 15) is 33.7 Å². The van der Waals surface area contributed by atoms with Crippen LogP contribution in [0.15, 0.2) is 65.6 Å². The molecule has 180 valence electrons. The number of fused-ring (bicyclic) bond motifs is 1. The molecule has 0 saturated carbocycles. The molecule has 0 radical (unpaired) electrons. The molecule has 1 amide bonds. The zero-order valence-electron chi connectivity index (χ0n) is 18.3. The molecule has 10 heteroatoms. The minimum absolute atomic E-state index is 0.118. The van der Waals surface area contributed by atoms with Crippen molar-refractivity contribution >= 4 is 11.6 Å². The maximum Gasteiger partial charge on any atom is 0.265 e. The molecule has 35 heavy (non-hydrogen) atoms.